The van der Waals surface area contributed by atoms with Crippen LogP contribution < -0.4 is 5.73 Å². The lowest BCUT2D eigenvalue weighted by Crippen LogP contribution is -2.47. The number of rotatable bonds is 2. The summed E-state index contributed by atoms with van der Waals surface area (Å²) in [5.74, 6) is -0.231. The third-order valence-electron chi connectivity index (χ3n) is 2.44. The Morgan fingerprint density at radius 1 is 1.44 bits per heavy atom. The van der Waals surface area contributed by atoms with Crippen molar-refractivity contribution < 1.29 is 22.7 Å². The van der Waals surface area contributed by atoms with E-state index in [-0.39, 0.29) is 31.8 Å². The summed E-state index contributed by atoms with van der Waals surface area (Å²) in [6, 6.07) is -0.611. The average molecular weight is 240 g/mol. The second kappa shape index (κ2) is 5.01. The molecule has 1 saturated heterocycles. The monoisotopic (exact) mass is 240 g/mol. The van der Waals surface area contributed by atoms with Crippen LogP contribution >= 0.6 is 0 Å². The Hall–Kier alpha value is -0.820. The number of carbonyl (C=O) groups is 1. The molecule has 0 aliphatic carbocycles. The van der Waals surface area contributed by atoms with Crippen LogP contribution in [0.4, 0.5) is 13.2 Å². The molecule has 0 aromatic rings. The molecule has 0 unspecified atom stereocenters. The lowest BCUT2D eigenvalue weighted by molar-refractivity contribution is -0.345. The van der Waals surface area contributed by atoms with Crippen LogP contribution in [0, 0.1) is 0 Å². The van der Waals surface area contributed by atoms with Crippen LogP contribution in [0.5, 0.6) is 0 Å². The normalized spacial score (nSPS) is 20.9. The molecule has 1 aliphatic heterocycles. The number of carbonyl (C=O) groups excluding carboxylic acids is 1. The summed E-state index contributed by atoms with van der Waals surface area (Å²) in [6.45, 7) is 2.09. The topological polar surface area (TPSA) is 55.6 Å². The van der Waals surface area contributed by atoms with Gasteiger partial charge in [-0.25, -0.2) is 0 Å². The van der Waals surface area contributed by atoms with Gasteiger partial charge >= 0.3 is 6.36 Å². The summed E-state index contributed by atoms with van der Waals surface area (Å²) in [5, 5.41) is 0. The predicted molar refractivity (Wildman–Crippen MR) is 50.4 cm³/mol. The molecule has 0 aromatic heterocycles. The van der Waals surface area contributed by atoms with Crippen LogP contribution in [0.1, 0.15) is 19.8 Å². The minimum Gasteiger partial charge on any atom is -0.341 e. The molecule has 1 fully saturated rings. The molecule has 1 heterocycles. The quantitative estimate of drug-likeness (QED) is 0.778. The van der Waals surface area contributed by atoms with Gasteiger partial charge in [-0.3, -0.25) is 9.53 Å². The number of hydrogen-bond acceptors (Lipinski definition) is 3. The van der Waals surface area contributed by atoms with Crippen molar-refractivity contribution in [2.45, 2.75) is 38.3 Å². The first-order chi connectivity index (χ1) is 7.29. The molecule has 7 heteroatoms. The number of ether oxygens (including phenoxy) is 1. The maximum absolute atomic E-state index is 11.9. The van der Waals surface area contributed by atoms with Gasteiger partial charge in [0.25, 0.3) is 0 Å². The molecule has 0 spiro atoms. The zero-order valence-electron chi connectivity index (χ0n) is 8.96. The molecular weight excluding hydrogens is 225 g/mol. The van der Waals surface area contributed by atoms with Crippen LogP contribution in [-0.2, 0) is 9.53 Å². The molecule has 0 bridgehead atoms. The maximum atomic E-state index is 11.9. The summed E-state index contributed by atoms with van der Waals surface area (Å²) >= 11 is 0. The third kappa shape index (κ3) is 3.97. The largest absolute Gasteiger partial charge is 0.522 e. The minimum absolute atomic E-state index is 0.192. The number of alkyl halides is 3. The van der Waals surface area contributed by atoms with E-state index < -0.39 is 18.5 Å². The molecule has 0 aromatic carbocycles. The molecule has 1 amide bonds. The van der Waals surface area contributed by atoms with Crippen LogP contribution in [-0.4, -0.2) is 42.4 Å². The number of amides is 1. The van der Waals surface area contributed by atoms with E-state index in [9.17, 15) is 18.0 Å². The van der Waals surface area contributed by atoms with E-state index in [1.54, 1.807) is 6.92 Å². The molecule has 16 heavy (non-hydrogen) atoms. The van der Waals surface area contributed by atoms with Gasteiger partial charge in [-0.2, -0.15) is 0 Å². The average Bonchev–Trinajstić information content (AvgIpc) is 2.15. The summed E-state index contributed by atoms with van der Waals surface area (Å²) in [5.41, 5.74) is 5.40. The smallest absolute Gasteiger partial charge is 0.341 e. The standard InChI is InChI=1S/C9H15F3N2O2/c1-6(13)8(15)14-4-2-7(3-5-14)16-9(10,11)12/h6-7H,2-5,13H2,1H3/t6-/m1/s1. The maximum Gasteiger partial charge on any atom is 0.522 e. The van der Waals surface area contributed by atoms with Gasteiger partial charge in [-0.05, 0) is 19.8 Å². The van der Waals surface area contributed by atoms with E-state index in [0.29, 0.717) is 0 Å². The van der Waals surface area contributed by atoms with Gasteiger partial charge in [-0.15, -0.1) is 13.2 Å². The van der Waals surface area contributed by atoms with Gasteiger partial charge in [-0.1, -0.05) is 0 Å². The molecule has 1 atom stereocenters. The van der Waals surface area contributed by atoms with E-state index in [1.165, 1.54) is 4.90 Å². The number of piperidine rings is 1. The van der Waals surface area contributed by atoms with Crippen molar-refractivity contribution in [1.82, 2.24) is 4.90 Å². The Morgan fingerprint density at radius 2 is 1.94 bits per heavy atom. The third-order valence-corrected chi connectivity index (χ3v) is 2.44. The fraction of sp³-hybridized carbons (Fsp3) is 0.889. The minimum atomic E-state index is -4.60. The van der Waals surface area contributed by atoms with Crippen molar-refractivity contribution in [1.29, 1.82) is 0 Å². The van der Waals surface area contributed by atoms with Crippen LogP contribution in [0.3, 0.4) is 0 Å². The Kier molecular flexibility index (Phi) is 4.15. The Bertz CT molecular complexity index is 248. The number of nitrogens with zero attached hydrogens (tertiary/aromatic N) is 1. The Labute approximate surface area is 91.5 Å². The fourth-order valence-electron chi connectivity index (χ4n) is 1.67. The lowest BCUT2D eigenvalue weighted by atomic mass is 10.1. The van der Waals surface area contributed by atoms with Crippen LogP contribution in [0.2, 0.25) is 0 Å². The predicted octanol–water partition coefficient (Wildman–Crippen LogP) is 0.861. The summed E-state index contributed by atoms with van der Waals surface area (Å²) in [6.07, 6.45) is -5.06. The van der Waals surface area contributed by atoms with Crippen molar-refractivity contribution in [3.8, 4) is 0 Å². The van der Waals surface area contributed by atoms with Gasteiger partial charge in [0.15, 0.2) is 0 Å². The van der Waals surface area contributed by atoms with E-state index in [0.717, 1.165) is 0 Å². The Balaban J connectivity index is 2.37. The van der Waals surface area contributed by atoms with E-state index in [1.807, 2.05) is 0 Å². The number of halogens is 3. The molecule has 2 N–H and O–H groups in total. The molecule has 4 nitrogen and oxygen atoms in total. The van der Waals surface area contributed by atoms with E-state index in [2.05, 4.69) is 4.74 Å². The number of nitrogens with two attached hydrogens (primary N) is 1. The second-order valence-corrected chi connectivity index (χ2v) is 3.88. The van der Waals surface area contributed by atoms with Gasteiger partial charge in [0.05, 0.1) is 12.1 Å². The molecule has 0 radical (unpaired) electrons. The van der Waals surface area contributed by atoms with Gasteiger partial charge in [0, 0.05) is 13.1 Å². The highest BCUT2D eigenvalue weighted by molar-refractivity contribution is 5.81. The van der Waals surface area contributed by atoms with E-state index in [4.69, 9.17) is 5.73 Å². The first-order valence-corrected chi connectivity index (χ1v) is 5.08. The summed E-state index contributed by atoms with van der Waals surface area (Å²) in [7, 11) is 0. The van der Waals surface area contributed by atoms with Crippen molar-refractivity contribution in [3.05, 3.63) is 0 Å². The van der Waals surface area contributed by atoms with Gasteiger partial charge in [0.1, 0.15) is 0 Å². The SMILES string of the molecule is C[C@@H](N)C(=O)N1CCC(OC(F)(F)F)CC1. The number of likely N-dealkylation sites (tertiary alicyclic amines) is 1. The molecule has 94 valence electrons. The molecule has 0 saturated carbocycles. The summed E-state index contributed by atoms with van der Waals surface area (Å²) < 4.78 is 39.6. The van der Waals surface area contributed by atoms with Gasteiger partial charge in [0.2, 0.25) is 5.91 Å². The highest BCUT2D eigenvalue weighted by atomic mass is 19.4. The van der Waals surface area contributed by atoms with Crippen LogP contribution in [0.15, 0.2) is 0 Å². The first kappa shape index (κ1) is 13.2. The molecule has 1 rings (SSSR count). The molecule has 1 aliphatic rings. The lowest BCUT2D eigenvalue weighted by Gasteiger charge is -2.33. The van der Waals surface area contributed by atoms with Crippen LogP contribution in [0.25, 0.3) is 0 Å². The zero-order valence-corrected chi connectivity index (χ0v) is 8.96. The van der Waals surface area contributed by atoms with Crippen molar-refractivity contribution in [3.63, 3.8) is 0 Å². The highest BCUT2D eigenvalue weighted by Crippen LogP contribution is 2.24. The molecular formula is C9H15F3N2O2. The highest BCUT2D eigenvalue weighted by Gasteiger charge is 2.35. The fourth-order valence-corrected chi connectivity index (χ4v) is 1.67. The second-order valence-electron chi connectivity index (χ2n) is 3.88. The zero-order chi connectivity index (χ0) is 12.3. The number of hydrogen-bond donors (Lipinski definition) is 1. The summed E-state index contributed by atoms with van der Waals surface area (Å²) in [4.78, 5) is 12.9. The first-order valence-electron chi connectivity index (χ1n) is 5.08. The van der Waals surface area contributed by atoms with Crippen molar-refractivity contribution in [2.75, 3.05) is 13.1 Å². The van der Waals surface area contributed by atoms with Crippen molar-refractivity contribution >= 4 is 5.91 Å². The van der Waals surface area contributed by atoms with E-state index >= 15 is 0 Å². The van der Waals surface area contributed by atoms with Gasteiger partial charge < -0.3 is 10.6 Å². The van der Waals surface area contributed by atoms with Crippen molar-refractivity contribution in [2.24, 2.45) is 5.73 Å². The Morgan fingerprint density at radius 3 is 2.31 bits per heavy atom.